The number of aromatic nitrogens is 1. The van der Waals surface area contributed by atoms with Crippen molar-refractivity contribution in [2.75, 3.05) is 19.6 Å². The van der Waals surface area contributed by atoms with Gasteiger partial charge in [-0.2, -0.15) is 0 Å². The molecule has 484 valence electrons. The van der Waals surface area contributed by atoms with E-state index in [0.29, 0.717) is 0 Å². The van der Waals surface area contributed by atoms with Crippen LogP contribution in [0.5, 0.6) is 11.5 Å². The predicted molar refractivity (Wildman–Crippen MR) is 437 cm³/mol. The lowest BCUT2D eigenvalue weighted by atomic mass is 9.30. The fourth-order valence-electron chi connectivity index (χ4n) is 17.5. The lowest BCUT2D eigenvalue weighted by molar-refractivity contribution is 0.487. The highest BCUT2D eigenvalue weighted by Gasteiger charge is 2.49. The van der Waals surface area contributed by atoms with Crippen molar-refractivity contribution in [2.45, 2.75) is 0 Å². The summed E-state index contributed by atoms with van der Waals surface area (Å²) in [6, 6.07) is 141. The van der Waals surface area contributed by atoms with Gasteiger partial charge in [0.2, 0.25) is 0 Å². The second-order valence-electron chi connectivity index (χ2n) is 27.4. The van der Waals surface area contributed by atoms with Gasteiger partial charge in [0.25, 0.3) is 13.4 Å². The molecular weight excluding hydrogens is 1260 g/mol. The Morgan fingerprint density at radius 2 is 0.644 bits per heavy atom. The minimum atomic E-state index is -0.272. The van der Waals surface area contributed by atoms with Crippen molar-refractivity contribution < 1.29 is 4.74 Å². The van der Waals surface area contributed by atoms with Crippen LogP contribution in [-0.2, 0) is 0 Å². The zero-order valence-corrected chi connectivity index (χ0v) is 56.7. The van der Waals surface area contributed by atoms with E-state index in [-0.39, 0.29) is 13.4 Å². The standard InChI is InChI=1S/C96H63B2N5O/c1-8-32-64(33-9-1)73-48-30-49-74(65-34-10-2-11-35-65)95(73)102-85-56-28-24-52-79(85)97-81-62-82-87(63-86(81)100(70-44-20-7-21-45-70)88-58-71(59-89(102)93(88)97)101-83-54-26-22-46-77(83)78-47-23-27-55-84(78)101)103(96-75(66-36-12-3-13-37-66)50-31-51-76(96)67-38-14-4-15-39-67)90-60-72(61-92-94(90)98(82)80-53-25-29-57-91(80)104-92)99(68-40-16-5-17-41-68)69-42-18-6-19-43-69/h1-63H. The Balaban J connectivity index is 0.919. The van der Waals surface area contributed by atoms with E-state index >= 15 is 0 Å². The normalized spacial score (nSPS) is 12.8. The summed E-state index contributed by atoms with van der Waals surface area (Å²) in [4.78, 5) is 10.3. The summed E-state index contributed by atoms with van der Waals surface area (Å²) in [5.74, 6) is 1.65. The third kappa shape index (κ3) is 9.25. The van der Waals surface area contributed by atoms with Crippen LogP contribution < -0.4 is 57.1 Å². The summed E-state index contributed by atoms with van der Waals surface area (Å²) in [5, 5.41) is 2.41. The Morgan fingerprint density at radius 1 is 0.240 bits per heavy atom. The van der Waals surface area contributed by atoms with Gasteiger partial charge in [-0.15, -0.1) is 0 Å². The van der Waals surface area contributed by atoms with Gasteiger partial charge in [-0.1, -0.05) is 291 Å². The van der Waals surface area contributed by atoms with E-state index in [1.165, 1.54) is 32.6 Å². The molecule has 4 aliphatic heterocycles. The highest BCUT2D eigenvalue weighted by molar-refractivity contribution is 7.02. The lowest BCUT2D eigenvalue weighted by Gasteiger charge is -2.47. The summed E-state index contributed by atoms with van der Waals surface area (Å²) >= 11 is 0. The Morgan fingerprint density at radius 3 is 1.17 bits per heavy atom. The van der Waals surface area contributed by atoms with Crippen molar-refractivity contribution in [2.24, 2.45) is 0 Å². The summed E-state index contributed by atoms with van der Waals surface area (Å²) < 4.78 is 10.0. The first-order valence-corrected chi connectivity index (χ1v) is 35.9. The van der Waals surface area contributed by atoms with E-state index in [0.717, 1.165) is 152 Å². The highest BCUT2D eigenvalue weighted by atomic mass is 16.5. The summed E-state index contributed by atoms with van der Waals surface area (Å²) in [7, 11) is 0. The monoisotopic (exact) mass is 1320 g/mol. The lowest BCUT2D eigenvalue weighted by Crippen LogP contribution is -2.64. The second-order valence-corrected chi connectivity index (χ2v) is 27.4. The molecule has 0 unspecified atom stereocenters. The molecule has 0 radical (unpaired) electrons. The van der Waals surface area contributed by atoms with Gasteiger partial charge >= 0.3 is 0 Å². The molecule has 1 aromatic heterocycles. The molecule has 4 aliphatic rings. The molecule has 0 saturated heterocycles. The highest BCUT2D eigenvalue weighted by Crippen LogP contribution is 2.55. The summed E-state index contributed by atoms with van der Waals surface area (Å²) in [5.41, 5.74) is 32.2. The van der Waals surface area contributed by atoms with Crippen LogP contribution in [0, 0.1) is 0 Å². The zero-order chi connectivity index (χ0) is 68.3. The third-order valence-corrected chi connectivity index (χ3v) is 21.7. The maximum Gasteiger partial charge on any atom is 0.256 e. The number of fused-ring (bicyclic) bond motifs is 11. The number of hydrogen-bond donors (Lipinski definition) is 0. The quantitative estimate of drug-likeness (QED) is 0.120. The molecule has 0 aliphatic carbocycles. The van der Waals surface area contributed by atoms with E-state index < -0.39 is 0 Å². The Hall–Kier alpha value is -13.6. The van der Waals surface area contributed by atoms with Crippen molar-refractivity contribution in [1.29, 1.82) is 0 Å². The SMILES string of the molecule is c1ccc(-c2cccc(-c3ccccc3)c2N2c3cc4c(cc3B3c5ccccc5Oc5cc(N(c6ccccc6)c6ccccc6)cc2c53)B2c3ccccc3N(c3c(-c5ccccc5)cccc3-c3ccccc3)c3cc(-n5c6ccccc6c6ccccc65)cc(c32)N4c2ccccc2)cc1. The molecule has 6 nitrogen and oxygen atoms in total. The predicted octanol–water partition coefficient (Wildman–Crippen LogP) is 21.4. The fraction of sp³-hybridized carbons (Fsp3) is 0. The van der Waals surface area contributed by atoms with Gasteiger partial charge in [0.05, 0.1) is 33.8 Å². The Bertz CT molecular complexity index is 6030. The number of nitrogens with zero attached hydrogens (tertiary/aromatic N) is 5. The number of ether oxygens (including phenoxy) is 1. The largest absolute Gasteiger partial charge is 0.458 e. The van der Waals surface area contributed by atoms with Gasteiger partial charge in [0.1, 0.15) is 11.5 Å². The van der Waals surface area contributed by atoms with E-state index in [1.807, 2.05) is 0 Å². The summed E-state index contributed by atoms with van der Waals surface area (Å²) in [6.45, 7) is -0.538. The molecule has 0 spiro atoms. The number of benzene rings is 16. The van der Waals surface area contributed by atoms with Crippen LogP contribution in [0.1, 0.15) is 0 Å². The average molecular weight is 1320 g/mol. The minimum absolute atomic E-state index is 0.266. The van der Waals surface area contributed by atoms with E-state index in [1.54, 1.807) is 0 Å². The molecular formula is C96H63B2N5O. The molecule has 0 saturated carbocycles. The molecule has 5 heterocycles. The molecule has 0 N–H and O–H groups in total. The number of para-hydroxylation sites is 9. The van der Waals surface area contributed by atoms with Crippen LogP contribution in [0.2, 0.25) is 0 Å². The van der Waals surface area contributed by atoms with Gasteiger partial charge < -0.3 is 28.9 Å². The van der Waals surface area contributed by atoms with Crippen molar-refractivity contribution in [1.82, 2.24) is 4.57 Å². The maximum absolute atomic E-state index is 7.53. The molecule has 0 fully saturated rings. The van der Waals surface area contributed by atoms with Crippen LogP contribution >= 0.6 is 0 Å². The van der Waals surface area contributed by atoms with E-state index in [9.17, 15) is 0 Å². The maximum atomic E-state index is 7.53. The van der Waals surface area contributed by atoms with Gasteiger partial charge in [-0.25, -0.2) is 0 Å². The van der Waals surface area contributed by atoms with Crippen LogP contribution in [0.4, 0.5) is 68.2 Å². The van der Waals surface area contributed by atoms with E-state index in [4.69, 9.17) is 4.74 Å². The van der Waals surface area contributed by atoms with Crippen LogP contribution in [0.15, 0.2) is 382 Å². The van der Waals surface area contributed by atoms with E-state index in [2.05, 4.69) is 406 Å². The number of anilines is 12. The third-order valence-electron chi connectivity index (χ3n) is 21.7. The molecule has 104 heavy (non-hydrogen) atoms. The second kappa shape index (κ2) is 24.1. The van der Waals surface area contributed by atoms with Crippen molar-refractivity contribution in [3.8, 4) is 61.7 Å². The zero-order valence-electron chi connectivity index (χ0n) is 56.7. The number of rotatable bonds is 11. The Kier molecular flexibility index (Phi) is 13.7. The van der Waals surface area contributed by atoms with Crippen LogP contribution in [-0.4, -0.2) is 18.0 Å². The molecule has 8 heteroatoms. The topological polar surface area (TPSA) is 27.1 Å². The molecule has 17 aromatic rings. The molecule has 0 bridgehead atoms. The number of hydrogen-bond acceptors (Lipinski definition) is 5. The smallest absolute Gasteiger partial charge is 0.256 e. The van der Waals surface area contributed by atoms with Crippen LogP contribution in [0.25, 0.3) is 72.0 Å². The Labute approximate surface area is 605 Å². The van der Waals surface area contributed by atoms with Crippen molar-refractivity contribution in [3.05, 3.63) is 382 Å². The molecule has 16 aromatic carbocycles. The van der Waals surface area contributed by atoms with Crippen molar-refractivity contribution in [3.63, 3.8) is 0 Å². The van der Waals surface area contributed by atoms with Crippen molar-refractivity contribution >= 4 is 136 Å². The van der Waals surface area contributed by atoms with Gasteiger partial charge in [-0.3, -0.25) is 0 Å². The first-order valence-electron chi connectivity index (χ1n) is 35.9. The van der Waals surface area contributed by atoms with Gasteiger partial charge in [0.15, 0.2) is 0 Å². The van der Waals surface area contributed by atoms with Crippen LogP contribution in [0.3, 0.4) is 0 Å². The van der Waals surface area contributed by atoms with Gasteiger partial charge in [0, 0.05) is 90.3 Å². The van der Waals surface area contributed by atoms with Gasteiger partial charge in [-0.05, 0) is 140 Å². The fourth-order valence-corrected chi connectivity index (χ4v) is 17.5. The average Bonchev–Trinajstić information content (AvgIpc) is 0.692. The molecule has 0 atom stereocenters. The molecule has 0 amide bonds. The first-order chi connectivity index (χ1) is 51.7. The first kappa shape index (κ1) is 59.3. The summed E-state index contributed by atoms with van der Waals surface area (Å²) in [6.07, 6.45) is 0. The molecule has 21 rings (SSSR count). The minimum Gasteiger partial charge on any atom is -0.458 e.